The third-order valence-corrected chi connectivity index (χ3v) is 4.75. The summed E-state index contributed by atoms with van der Waals surface area (Å²) < 4.78 is 0. The molecule has 3 rings (SSSR count). The smallest absolute Gasteiger partial charge is 0.241 e. The van der Waals surface area contributed by atoms with Gasteiger partial charge in [-0.2, -0.15) is 0 Å². The number of nitrogens with one attached hydrogen (secondary N) is 1. The van der Waals surface area contributed by atoms with Gasteiger partial charge in [0, 0.05) is 24.8 Å². The number of anilines is 1. The first-order chi connectivity index (χ1) is 11.6. The third kappa shape index (κ3) is 3.44. The van der Waals surface area contributed by atoms with Crippen LogP contribution in [0.2, 0.25) is 0 Å². The number of hydrogen-bond donors (Lipinski definition) is 2. The summed E-state index contributed by atoms with van der Waals surface area (Å²) in [5.41, 5.74) is 10.7. The molecule has 0 spiro atoms. The topological polar surface area (TPSA) is 58.4 Å². The minimum atomic E-state index is -0.622. The lowest BCUT2D eigenvalue weighted by Gasteiger charge is -2.28. The number of amides is 1. The van der Waals surface area contributed by atoms with Crippen LogP contribution in [0, 0.1) is 6.92 Å². The SMILES string of the molecule is Cc1ccc(C(N)C(=O)NCC(C)N2CCc3ccccc32)cc1. The molecule has 1 aliphatic heterocycles. The molecule has 126 valence electrons. The molecule has 2 unspecified atom stereocenters. The van der Waals surface area contributed by atoms with Gasteiger partial charge in [0.05, 0.1) is 0 Å². The predicted molar refractivity (Wildman–Crippen MR) is 98.1 cm³/mol. The summed E-state index contributed by atoms with van der Waals surface area (Å²) in [6.45, 7) is 5.75. The van der Waals surface area contributed by atoms with Crippen molar-refractivity contribution in [1.82, 2.24) is 5.32 Å². The molecule has 0 radical (unpaired) electrons. The zero-order valence-electron chi connectivity index (χ0n) is 14.3. The van der Waals surface area contributed by atoms with Crippen molar-refractivity contribution >= 4 is 11.6 Å². The van der Waals surface area contributed by atoms with Gasteiger partial charge in [0.15, 0.2) is 0 Å². The molecule has 4 heteroatoms. The van der Waals surface area contributed by atoms with E-state index in [0.29, 0.717) is 6.54 Å². The summed E-state index contributed by atoms with van der Waals surface area (Å²) in [7, 11) is 0. The van der Waals surface area contributed by atoms with E-state index < -0.39 is 6.04 Å². The minimum absolute atomic E-state index is 0.127. The first-order valence-corrected chi connectivity index (χ1v) is 8.50. The zero-order chi connectivity index (χ0) is 17.1. The Morgan fingerprint density at radius 1 is 1.21 bits per heavy atom. The van der Waals surface area contributed by atoms with Crippen molar-refractivity contribution in [2.24, 2.45) is 5.73 Å². The van der Waals surface area contributed by atoms with E-state index in [4.69, 9.17) is 5.73 Å². The van der Waals surface area contributed by atoms with Crippen molar-refractivity contribution < 1.29 is 4.79 Å². The Morgan fingerprint density at radius 3 is 2.67 bits per heavy atom. The van der Waals surface area contributed by atoms with Gasteiger partial charge in [-0.1, -0.05) is 48.0 Å². The average molecular weight is 323 g/mol. The second kappa shape index (κ2) is 7.05. The minimum Gasteiger partial charge on any atom is -0.366 e. The number of rotatable bonds is 5. The molecule has 3 N–H and O–H groups in total. The fraction of sp³-hybridized carbons (Fsp3) is 0.350. The molecule has 2 aromatic carbocycles. The maximum atomic E-state index is 12.3. The Labute approximate surface area is 143 Å². The van der Waals surface area contributed by atoms with Crippen LogP contribution in [0.15, 0.2) is 48.5 Å². The van der Waals surface area contributed by atoms with Gasteiger partial charge in [-0.25, -0.2) is 0 Å². The number of hydrogen-bond acceptors (Lipinski definition) is 3. The van der Waals surface area contributed by atoms with Crippen LogP contribution in [0.3, 0.4) is 0 Å². The van der Waals surface area contributed by atoms with Gasteiger partial charge in [0.25, 0.3) is 0 Å². The van der Waals surface area contributed by atoms with Crippen LogP contribution in [-0.4, -0.2) is 25.0 Å². The highest BCUT2D eigenvalue weighted by Gasteiger charge is 2.24. The van der Waals surface area contributed by atoms with Crippen molar-refractivity contribution in [2.45, 2.75) is 32.4 Å². The first-order valence-electron chi connectivity index (χ1n) is 8.50. The van der Waals surface area contributed by atoms with E-state index in [1.165, 1.54) is 11.3 Å². The number of fused-ring (bicyclic) bond motifs is 1. The molecule has 24 heavy (non-hydrogen) atoms. The summed E-state index contributed by atoms with van der Waals surface area (Å²) in [6.07, 6.45) is 1.07. The van der Waals surface area contributed by atoms with Gasteiger partial charge in [0.2, 0.25) is 5.91 Å². The maximum absolute atomic E-state index is 12.3. The molecule has 2 atom stereocenters. The lowest BCUT2D eigenvalue weighted by atomic mass is 10.1. The molecule has 0 saturated heterocycles. The first kappa shape index (κ1) is 16.5. The predicted octanol–water partition coefficient (Wildman–Crippen LogP) is 2.56. The average Bonchev–Trinajstić information content (AvgIpc) is 3.03. The molecular formula is C20H25N3O. The standard InChI is InChI=1S/C20H25N3O/c1-14-7-9-17(10-8-14)19(21)20(24)22-13-15(2)23-12-11-16-5-3-4-6-18(16)23/h3-10,15,19H,11-13,21H2,1-2H3,(H,22,24). The van der Waals surface area contributed by atoms with Crippen LogP contribution in [0.25, 0.3) is 0 Å². The molecule has 0 saturated carbocycles. The second-order valence-corrected chi connectivity index (χ2v) is 6.55. The summed E-state index contributed by atoms with van der Waals surface area (Å²) in [5.74, 6) is -0.127. The van der Waals surface area contributed by atoms with Gasteiger partial charge < -0.3 is 16.0 Å². The van der Waals surface area contributed by atoms with Crippen molar-refractivity contribution in [3.8, 4) is 0 Å². The van der Waals surface area contributed by atoms with Crippen molar-refractivity contribution in [2.75, 3.05) is 18.0 Å². The maximum Gasteiger partial charge on any atom is 0.241 e. The fourth-order valence-corrected chi connectivity index (χ4v) is 3.22. The van der Waals surface area contributed by atoms with Crippen molar-refractivity contribution in [3.63, 3.8) is 0 Å². The Hall–Kier alpha value is -2.33. The monoisotopic (exact) mass is 323 g/mol. The number of carbonyl (C=O) groups is 1. The molecule has 0 fully saturated rings. The quantitative estimate of drug-likeness (QED) is 0.889. The van der Waals surface area contributed by atoms with Crippen molar-refractivity contribution in [1.29, 1.82) is 0 Å². The summed E-state index contributed by atoms with van der Waals surface area (Å²) in [5, 5.41) is 3.00. The molecule has 2 aromatic rings. The van der Waals surface area contributed by atoms with Crippen LogP contribution >= 0.6 is 0 Å². The van der Waals surface area contributed by atoms with Crippen LogP contribution < -0.4 is 16.0 Å². The molecule has 1 amide bonds. The lowest BCUT2D eigenvalue weighted by molar-refractivity contribution is -0.122. The summed E-state index contributed by atoms with van der Waals surface area (Å²) >= 11 is 0. The van der Waals surface area contributed by atoms with Crippen molar-refractivity contribution in [3.05, 3.63) is 65.2 Å². The van der Waals surface area contributed by atoms with E-state index in [1.54, 1.807) is 0 Å². The number of aryl methyl sites for hydroxylation is 1. The van der Waals surface area contributed by atoms with Crippen LogP contribution in [0.4, 0.5) is 5.69 Å². The number of nitrogens with zero attached hydrogens (tertiary/aromatic N) is 1. The number of para-hydroxylation sites is 1. The molecule has 0 bridgehead atoms. The molecule has 0 aliphatic carbocycles. The summed E-state index contributed by atoms with van der Waals surface area (Å²) in [6, 6.07) is 15.9. The number of nitrogens with two attached hydrogens (primary N) is 1. The zero-order valence-corrected chi connectivity index (χ0v) is 14.3. The van der Waals surface area contributed by atoms with E-state index in [-0.39, 0.29) is 11.9 Å². The van der Waals surface area contributed by atoms with Crippen LogP contribution in [0.5, 0.6) is 0 Å². The molecule has 0 aromatic heterocycles. The number of carbonyl (C=O) groups excluding carboxylic acids is 1. The van der Waals surface area contributed by atoms with Gasteiger partial charge >= 0.3 is 0 Å². The second-order valence-electron chi connectivity index (χ2n) is 6.55. The highest BCUT2D eigenvalue weighted by Crippen LogP contribution is 2.28. The van der Waals surface area contributed by atoms with Gasteiger partial charge in [-0.3, -0.25) is 4.79 Å². The lowest BCUT2D eigenvalue weighted by Crippen LogP contribution is -2.44. The highest BCUT2D eigenvalue weighted by atomic mass is 16.2. The van der Waals surface area contributed by atoms with E-state index in [0.717, 1.165) is 24.1 Å². The molecular weight excluding hydrogens is 298 g/mol. The molecule has 4 nitrogen and oxygen atoms in total. The number of benzene rings is 2. The normalized spacial score (nSPS) is 15.7. The largest absolute Gasteiger partial charge is 0.366 e. The Balaban J connectivity index is 1.57. The Morgan fingerprint density at radius 2 is 1.92 bits per heavy atom. The highest BCUT2D eigenvalue weighted by molar-refractivity contribution is 5.83. The Bertz CT molecular complexity index is 711. The van der Waals surface area contributed by atoms with E-state index in [2.05, 4.69) is 41.4 Å². The summed E-state index contributed by atoms with van der Waals surface area (Å²) in [4.78, 5) is 14.7. The third-order valence-electron chi connectivity index (χ3n) is 4.75. The van der Waals surface area contributed by atoms with Gasteiger partial charge in [-0.05, 0) is 37.5 Å². The Kier molecular flexibility index (Phi) is 4.86. The van der Waals surface area contributed by atoms with Gasteiger partial charge in [-0.15, -0.1) is 0 Å². The van der Waals surface area contributed by atoms with E-state index in [1.807, 2.05) is 31.2 Å². The molecule has 1 heterocycles. The van der Waals surface area contributed by atoms with Crippen LogP contribution in [0.1, 0.15) is 29.7 Å². The van der Waals surface area contributed by atoms with E-state index >= 15 is 0 Å². The van der Waals surface area contributed by atoms with E-state index in [9.17, 15) is 4.79 Å². The molecule has 1 aliphatic rings. The van der Waals surface area contributed by atoms with Crippen LogP contribution in [-0.2, 0) is 11.2 Å². The van der Waals surface area contributed by atoms with Gasteiger partial charge in [0.1, 0.15) is 6.04 Å². The fourth-order valence-electron chi connectivity index (χ4n) is 3.22.